The van der Waals surface area contributed by atoms with Crippen molar-refractivity contribution in [1.29, 1.82) is 0 Å². The molecule has 22 heavy (non-hydrogen) atoms. The van der Waals surface area contributed by atoms with Crippen molar-refractivity contribution in [3.05, 3.63) is 28.2 Å². The molecule has 122 valence electrons. The van der Waals surface area contributed by atoms with Gasteiger partial charge in [0, 0.05) is 38.8 Å². The van der Waals surface area contributed by atoms with Gasteiger partial charge in [0.15, 0.2) is 0 Å². The van der Waals surface area contributed by atoms with Crippen molar-refractivity contribution in [1.82, 2.24) is 20.0 Å². The molecule has 1 aliphatic heterocycles. The predicted octanol–water partition coefficient (Wildman–Crippen LogP) is -0.0387. The molecule has 0 aliphatic carbocycles. The van der Waals surface area contributed by atoms with E-state index in [4.69, 9.17) is 4.74 Å². The first-order chi connectivity index (χ1) is 10.6. The molecular formula is C15H24N4O3. The summed E-state index contributed by atoms with van der Waals surface area (Å²) < 4.78 is 6.63. The molecule has 7 heteroatoms. The molecule has 2 heterocycles. The van der Waals surface area contributed by atoms with E-state index in [9.17, 15) is 9.59 Å². The van der Waals surface area contributed by atoms with Gasteiger partial charge in [0.1, 0.15) is 5.69 Å². The fourth-order valence-corrected chi connectivity index (χ4v) is 2.29. The second-order valence-electron chi connectivity index (χ2n) is 5.84. The zero-order valence-electron chi connectivity index (χ0n) is 13.2. The molecule has 1 fully saturated rings. The second kappa shape index (κ2) is 8.05. The van der Waals surface area contributed by atoms with Gasteiger partial charge in [-0.25, -0.2) is 4.68 Å². The van der Waals surface area contributed by atoms with Crippen molar-refractivity contribution in [3.63, 3.8) is 0 Å². The van der Waals surface area contributed by atoms with Crippen LogP contribution >= 0.6 is 0 Å². The van der Waals surface area contributed by atoms with E-state index in [2.05, 4.69) is 15.3 Å². The van der Waals surface area contributed by atoms with E-state index in [1.165, 1.54) is 16.8 Å². The van der Waals surface area contributed by atoms with Crippen LogP contribution in [0.25, 0.3) is 0 Å². The Morgan fingerprint density at radius 1 is 1.36 bits per heavy atom. The third-order valence-electron chi connectivity index (χ3n) is 3.45. The Bertz CT molecular complexity index is 550. The summed E-state index contributed by atoms with van der Waals surface area (Å²) in [6.45, 7) is 9.15. The fourth-order valence-electron chi connectivity index (χ4n) is 2.29. The number of ether oxygens (including phenoxy) is 1. The van der Waals surface area contributed by atoms with E-state index in [1.54, 1.807) is 0 Å². The molecule has 0 atom stereocenters. The molecule has 0 saturated carbocycles. The lowest BCUT2D eigenvalue weighted by atomic mass is 10.2. The Hall–Kier alpha value is -1.73. The molecule has 1 aliphatic rings. The van der Waals surface area contributed by atoms with Gasteiger partial charge in [-0.15, -0.1) is 0 Å². The minimum absolute atomic E-state index is 0.182. The lowest BCUT2D eigenvalue weighted by Crippen LogP contribution is -2.41. The number of carbonyl (C=O) groups excluding carboxylic acids is 1. The lowest BCUT2D eigenvalue weighted by molar-refractivity contribution is 0.0383. The van der Waals surface area contributed by atoms with Gasteiger partial charge < -0.3 is 10.1 Å². The number of carbonyl (C=O) groups is 1. The summed E-state index contributed by atoms with van der Waals surface area (Å²) in [5, 5.41) is 6.98. The Balaban J connectivity index is 1.87. The molecule has 1 amide bonds. The summed E-state index contributed by atoms with van der Waals surface area (Å²) >= 11 is 0. The van der Waals surface area contributed by atoms with Crippen LogP contribution in [0.2, 0.25) is 0 Å². The van der Waals surface area contributed by atoms with Crippen LogP contribution in [0.1, 0.15) is 24.3 Å². The van der Waals surface area contributed by atoms with Crippen LogP contribution in [0.5, 0.6) is 0 Å². The first-order valence-corrected chi connectivity index (χ1v) is 7.72. The monoisotopic (exact) mass is 308 g/mol. The highest BCUT2D eigenvalue weighted by molar-refractivity contribution is 5.91. The molecule has 0 spiro atoms. The highest BCUT2D eigenvalue weighted by Crippen LogP contribution is 1.97. The number of rotatable bonds is 6. The van der Waals surface area contributed by atoms with Gasteiger partial charge in [-0.1, -0.05) is 13.8 Å². The Kier molecular flexibility index (Phi) is 6.09. The largest absolute Gasteiger partial charge is 0.379 e. The van der Waals surface area contributed by atoms with Gasteiger partial charge in [-0.3, -0.25) is 14.5 Å². The smallest absolute Gasteiger partial charge is 0.271 e. The average molecular weight is 308 g/mol. The van der Waals surface area contributed by atoms with E-state index in [-0.39, 0.29) is 17.2 Å². The fraction of sp³-hybridized carbons (Fsp3) is 0.667. The third kappa shape index (κ3) is 4.92. The van der Waals surface area contributed by atoms with E-state index in [1.807, 2.05) is 13.8 Å². The highest BCUT2D eigenvalue weighted by Gasteiger charge is 2.12. The molecule has 0 unspecified atom stereocenters. The Morgan fingerprint density at radius 2 is 2.09 bits per heavy atom. The van der Waals surface area contributed by atoms with Gasteiger partial charge in [0.2, 0.25) is 0 Å². The molecule has 7 nitrogen and oxygen atoms in total. The lowest BCUT2D eigenvalue weighted by Gasteiger charge is -2.26. The SMILES string of the molecule is CC(C)Cn1nc(C(=O)NCCN2CCOCC2)ccc1=O. The molecule has 0 radical (unpaired) electrons. The summed E-state index contributed by atoms with van der Waals surface area (Å²) in [6.07, 6.45) is 0. The molecule has 1 aromatic heterocycles. The average Bonchev–Trinajstić information content (AvgIpc) is 2.50. The maximum atomic E-state index is 12.1. The van der Waals surface area contributed by atoms with Crippen molar-refractivity contribution in [3.8, 4) is 0 Å². The zero-order chi connectivity index (χ0) is 15.9. The summed E-state index contributed by atoms with van der Waals surface area (Å²) in [5.41, 5.74) is 0.0980. The maximum absolute atomic E-state index is 12.1. The van der Waals surface area contributed by atoms with Crippen LogP contribution in [0.15, 0.2) is 16.9 Å². The van der Waals surface area contributed by atoms with Crippen LogP contribution in [-0.4, -0.2) is 60.0 Å². The molecule has 1 N–H and O–H groups in total. The zero-order valence-corrected chi connectivity index (χ0v) is 13.2. The molecule has 1 aromatic rings. The number of hydrogen-bond donors (Lipinski definition) is 1. The molecule has 0 aromatic carbocycles. The quantitative estimate of drug-likeness (QED) is 0.798. The molecular weight excluding hydrogens is 284 g/mol. The van der Waals surface area contributed by atoms with E-state index in [0.717, 1.165) is 32.8 Å². The number of nitrogens with zero attached hydrogens (tertiary/aromatic N) is 3. The van der Waals surface area contributed by atoms with Gasteiger partial charge in [0.25, 0.3) is 11.5 Å². The number of amides is 1. The maximum Gasteiger partial charge on any atom is 0.271 e. The first-order valence-electron chi connectivity index (χ1n) is 7.72. The molecule has 2 rings (SSSR count). The second-order valence-corrected chi connectivity index (χ2v) is 5.84. The van der Waals surface area contributed by atoms with Crippen molar-refractivity contribution in [2.45, 2.75) is 20.4 Å². The predicted molar refractivity (Wildman–Crippen MR) is 82.9 cm³/mol. The van der Waals surface area contributed by atoms with Gasteiger partial charge >= 0.3 is 0 Å². The van der Waals surface area contributed by atoms with Crippen LogP contribution in [0.4, 0.5) is 0 Å². The normalized spacial score (nSPS) is 16.0. The Morgan fingerprint density at radius 3 is 2.77 bits per heavy atom. The van der Waals surface area contributed by atoms with Crippen LogP contribution in [0.3, 0.4) is 0 Å². The van der Waals surface area contributed by atoms with E-state index in [0.29, 0.717) is 19.0 Å². The number of aromatic nitrogens is 2. The molecule has 0 bridgehead atoms. The number of morpholine rings is 1. The van der Waals surface area contributed by atoms with Gasteiger partial charge in [-0.05, 0) is 12.0 Å². The van der Waals surface area contributed by atoms with E-state index >= 15 is 0 Å². The van der Waals surface area contributed by atoms with E-state index < -0.39 is 0 Å². The van der Waals surface area contributed by atoms with Crippen molar-refractivity contribution < 1.29 is 9.53 Å². The van der Waals surface area contributed by atoms with Gasteiger partial charge in [-0.2, -0.15) is 5.10 Å². The molecule has 1 saturated heterocycles. The minimum atomic E-state index is -0.245. The standard InChI is InChI=1S/C15H24N4O3/c1-12(2)11-19-14(20)4-3-13(17-19)15(21)16-5-6-18-7-9-22-10-8-18/h3-4,12H,5-11H2,1-2H3,(H,16,21). The summed E-state index contributed by atoms with van der Waals surface area (Å²) in [5.74, 6) is 0.0515. The minimum Gasteiger partial charge on any atom is -0.379 e. The van der Waals surface area contributed by atoms with Crippen LogP contribution in [-0.2, 0) is 11.3 Å². The summed E-state index contributed by atoms with van der Waals surface area (Å²) in [4.78, 5) is 26.1. The topological polar surface area (TPSA) is 76.5 Å². The highest BCUT2D eigenvalue weighted by atomic mass is 16.5. The third-order valence-corrected chi connectivity index (χ3v) is 3.45. The van der Waals surface area contributed by atoms with Gasteiger partial charge in [0.05, 0.1) is 13.2 Å². The van der Waals surface area contributed by atoms with Crippen molar-refractivity contribution in [2.75, 3.05) is 39.4 Å². The van der Waals surface area contributed by atoms with Crippen LogP contribution in [0, 0.1) is 5.92 Å². The number of nitrogens with one attached hydrogen (secondary N) is 1. The first kappa shape index (κ1) is 16.6. The summed E-state index contributed by atoms with van der Waals surface area (Å²) in [7, 11) is 0. The Labute approximate surface area is 130 Å². The number of hydrogen-bond acceptors (Lipinski definition) is 5. The summed E-state index contributed by atoms with van der Waals surface area (Å²) in [6, 6.07) is 2.87. The van der Waals surface area contributed by atoms with Crippen molar-refractivity contribution >= 4 is 5.91 Å². The van der Waals surface area contributed by atoms with Crippen LogP contribution < -0.4 is 10.9 Å². The van der Waals surface area contributed by atoms with Crippen molar-refractivity contribution in [2.24, 2.45) is 5.92 Å².